The predicted molar refractivity (Wildman–Crippen MR) is 60.6 cm³/mol. The van der Waals surface area contributed by atoms with E-state index in [1.807, 2.05) is 13.0 Å². The predicted octanol–water partition coefficient (Wildman–Crippen LogP) is 2.99. The molecular weight excluding hydrogens is 189 g/mol. The minimum absolute atomic E-state index is 0.127. The molecule has 1 aliphatic heterocycles. The van der Waals surface area contributed by atoms with Crippen molar-refractivity contribution in [2.75, 3.05) is 6.54 Å². The summed E-state index contributed by atoms with van der Waals surface area (Å²) in [5.41, 5.74) is 2.42. The average Bonchev–Trinajstić information content (AvgIpc) is 2.17. The lowest BCUT2D eigenvalue weighted by Crippen LogP contribution is -2.35. The second-order valence-corrected chi connectivity index (χ2v) is 4.58. The normalized spacial score (nSPS) is 26.6. The molecule has 1 aliphatic rings. The van der Waals surface area contributed by atoms with Crippen molar-refractivity contribution in [2.24, 2.45) is 0 Å². The lowest BCUT2D eigenvalue weighted by Gasteiger charge is -2.29. The molecule has 0 amide bonds. The Morgan fingerprint density at radius 3 is 2.87 bits per heavy atom. The van der Waals surface area contributed by atoms with E-state index in [1.165, 1.54) is 5.56 Å². The number of hydrogen-bond acceptors (Lipinski definition) is 1. The van der Waals surface area contributed by atoms with Crippen molar-refractivity contribution < 1.29 is 4.39 Å². The molecule has 1 nitrogen and oxygen atoms in total. The molecule has 2 rings (SSSR count). The summed E-state index contributed by atoms with van der Waals surface area (Å²) < 4.78 is 13.0. The van der Waals surface area contributed by atoms with E-state index in [9.17, 15) is 4.39 Å². The first kappa shape index (κ1) is 10.6. The zero-order valence-electron chi connectivity index (χ0n) is 9.39. The number of nitrogens with one attached hydrogen (secondary N) is 1. The lowest BCUT2D eigenvalue weighted by atomic mass is 9.85. The van der Waals surface area contributed by atoms with E-state index in [1.54, 1.807) is 12.1 Å². The topological polar surface area (TPSA) is 12.0 Å². The van der Waals surface area contributed by atoms with Crippen LogP contribution < -0.4 is 5.32 Å². The number of aryl methyl sites for hydroxylation is 1. The van der Waals surface area contributed by atoms with Gasteiger partial charge >= 0.3 is 0 Å². The molecule has 2 heteroatoms. The Hall–Kier alpha value is -0.890. The Kier molecular flexibility index (Phi) is 3.06. The van der Waals surface area contributed by atoms with Gasteiger partial charge in [0.15, 0.2) is 0 Å². The summed E-state index contributed by atoms with van der Waals surface area (Å²) in [5.74, 6) is 0.472. The van der Waals surface area contributed by atoms with Crippen LogP contribution in [0.15, 0.2) is 18.2 Å². The Morgan fingerprint density at radius 1 is 1.40 bits per heavy atom. The van der Waals surface area contributed by atoms with E-state index in [0.29, 0.717) is 12.0 Å². The van der Waals surface area contributed by atoms with Gasteiger partial charge in [-0.2, -0.15) is 0 Å². The Balaban J connectivity index is 2.21. The van der Waals surface area contributed by atoms with E-state index in [-0.39, 0.29) is 5.82 Å². The van der Waals surface area contributed by atoms with Crippen LogP contribution in [0, 0.1) is 12.7 Å². The molecule has 1 saturated heterocycles. The first-order valence-corrected chi connectivity index (χ1v) is 5.66. The molecule has 1 fully saturated rings. The van der Waals surface area contributed by atoms with Crippen LogP contribution in [0.25, 0.3) is 0 Å². The third-order valence-corrected chi connectivity index (χ3v) is 3.30. The molecule has 2 unspecified atom stereocenters. The van der Waals surface area contributed by atoms with Gasteiger partial charge < -0.3 is 5.32 Å². The molecule has 1 aromatic rings. The van der Waals surface area contributed by atoms with Crippen LogP contribution in [0.5, 0.6) is 0 Å². The van der Waals surface area contributed by atoms with E-state index in [4.69, 9.17) is 0 Å². The fourth-order valence-electron chi connectivity index (χ4n) is 2.51. The molecular formula is C13H18FN. The van der Waals surface area contributed by atoms with Crippen LogP contribution in [0.2, 0.25) is 0 Å². The third kappa shape index (κ3) is 2.37. The molecule has 1 heterocycles. The van der Waals surface area contributed by atoms with Gasteiger partial charge in [-0.05, 0) is 62.4 Å². The standard InChI is InChI=1S/C13H18FN/c1-9-7-12(14)3-4-13(9)11-5-6-15-10(2)8-11/h3-4,7,10-11,15H,5-6,8H2,1-2H3. The van der Waals surface area contributed by atoms with Crippen molar-refractivity contribution >= 4 is 0 Å². The van der Waals surface area contributed by atoms with Gasteiger partial charge in [0, 0.05) is 6.04 Å². The fraction of sp³-hybridized carbons (Fsp3) is 0.538. The molecule has 0 aromatic heterocycles. The molecule has 1 aromatic carbocycles. The summed E-state index contributed by atoms with van der Waals surface area (Å²) in [7, 11) is 0. The molecule has 0 spiro atoms. The third-order valence-electron chi connectivity index (χ3n) is 3.30. The minimum Gasteiger partial charge on any atom is -0.314 e. The Morgan fingerprint density at radius 2 is 2.20 bits per heavy atom. The first-order valence-electron chi connectivity index (χ1n) is 5.66. The van der Waals surface area contributed by atoms with Gasteiger partial charge in [0.2, 0.25) is 0 Å². The van der Waals surface area contributed by atoms with Crippen LogP contribution in [-0.2, 0) is 0 Å². The minimum atomic E-state index is -0.127. The van der Waals surface area contributed by atoms with Crippen LogP contribution in [0.3, 0.4) is 0 Å². The van der Waals surface area contributed by atoms with E-state index < -0.39 is 0 Å². The highest BCUT2D eigenvalue weighted by molar-refractivity contribution is 5.30. The number of piperidine rings is 1. The van der Waals surface area contributed by atoms with Crippen LogP contribution in [0.1, 0.15) is 36.8 Å². The molecule has 82 valence electrons. The summed E-state index contributed by atoms with van der Waals surface area (Å²) in [6.45, 7) is 5.29. The summed E-state index contributed by atoms with van der Waals surface area (Å²) in [5, 5.41) is 3.44. The number of rotatable bonds is 1. The highest BCUT2D eigenvalue weighted by Gasteiger charge is 2.21. The molecule has 1 N–H and O–H groups in total. The van der Waals surface area contributed by atoms with Gasteiger partial charge in [-0.25, -0.2) is 4.39 Å². The molecule has 2 atom stereocenters. The van der Waals surface area contributed by atoms with Crippen molar-refractivity contribution in [2.45, 2.75) is 38.6 Å². The monoisotopic (exact) mass is 207 g/mol. The van der Waals surface area contributed by atoms with Gasteiger partial charge in [-0.3, -0.25) is 0 Å². The van der Waals surface area contributed by atoms with Crippen molar-refractivity contribution in [3.05, 3.63) is 35.1 Å². The zero-order valence-corrected chi connectivity index (χ0v) is 9.39. The number of halogens is 1. The molecule has 0 saturated carbocycles. The van der Waals surface area contributed by atoms with Crippen LogP contribution in [0.4, 0.5) is 4.39 Å². The quantitative estimate of drug-likeness (QED) is 0.746. The highest BCUT2D eigenvalue weighted by Crippen LogP contribution is 2.30. The second-order valence-electron chi connectivity index (χ2n) is 4.58. The summed E-state index contributed by atoms with van der Waals surface area (Å²) in [4.78, 5) is 0. The van der Waals surface area contributed by atoms with E-state index in [0.717, 1.165) is 24.9 Å². The number of benzene rings is 1. The van der Waals surface area contributed by atoms with Gasteiger partial charge in [0.1, 0.15) is 5.82 Å². The Bertz CT molecular complexity index is 348. The summed E-state index contributed by atoms with van der Waals surface area (Å²) in [6.07, 6.45) is 2.32. The van der Waals surface area contributed by atoms with Crippen molar-refractivity contribution in [1.29, 1.82) is 0 Å². The van der Waals surface area contributed by atoms with Crippen LogP contribution in [-0.4, -0.2) is 12.6 Å². The van der Waals surface area contributed by atoms with Gasteiger partial charge in [-0.15, -0.1) is 0 Å². The van der Waals surface area contributed by atoms with Crippen molar-refractivity contribution in [3.63, 3.8) is 0 Å². The van der Waals surface area contributed by atoms with Gasteiger partial charge in [0.05, 0.1) is 0 Å². The zero-order chi connectivity index (χ0) is 10.8. The van der Waals surface area contributed by atoms with Crippen molar-refractivity contribution in [3.8, 4) is 0 Å². The smallest absolute Gasteiger partial charge is 0.123 e. The molecule has 15 heavy (non-hydrogen) atoms. The number of hydrogen-bond donors (Lipinski definition) is 1. The molecule has 0 aliphatic carbocycles. The maximum absolute atomic E-state index is 13.0. The maximum atomic E-state index is 13.0. The fourth-order valence-corrected chi connectivity index (χ4v) is 2.51. The average molecular weight is 207 g/mol. The van der Waals surface area contributed by atoms with Gasteiger partial charge in [0.25, 0.3) is 0 Å². The maximum Gasteiger partial charge on any atom is 0.123 e. The summed E-state index contributed by atoms with van der Waals surface area (Å²) >= 11 is 0. The highest BCUT2D eigenvalue weighted by atomic mass is 19.1. The van der Waals surface area contributed by atoms with Crippen LogP contribution >= 0.6 is 0 Å². The summed E-state index contributed by atoms with van der Waals surface area (Å²) in [6, 6.07) is 5.75. The second kappa shape index (κ2) is 4.31. The molecule has 0 radical (unpaired) electrons. The lowest BCUT2D eigenvalue weighted by molar-refractivity contribution is 0.380. The van der Waals surface area contributed by atoms with E-state index >= 15 is 0 Å². The molecule has 0 bridgehead atoms. The van der Waals surface area contributed by atoms with Crippen molar-refractivity contribution in [1.82, 2.24) is 5.32 Å². The largest absolute Gasteiger partial charge is 0.314 e. The van der Waals surface area contributed by atoms with Gasteiger partial charge in [-0.1, -0.05) is 6.07 Å². The van der Waals surface area contributed by atoms with E-state index in [2.05, 4.69) is 12.2 Å². The SMILES string of the molecule is Cc1cc(F)ccc1C1CCNC(C)C1. The Labute approximate surface area is 90.7 Å². The first-order chi connectivity index (χ1) is 7.16.